The van der Waals surface area contributed by atoms with Crippen molar-refractivity contribution in [2.24, 2.45) is 7.05 Å². The van der Waals surface area contributed by atoms with Gasteiger partial charge in [-0.3, -0.25) is 23.2 Å². The summed E-state index contributed by atoms with van der Waals surface area (Å²) < 4.78 is 12.3. The van der Waals surface area contributed by atoms with Crippen LogP contribution in [0.15, 0.2) is 33.9 Å². The van der Waals surface area contributed by atoms with E-state index in [1.165, 1.54) is 9.13 Å². The SMILES string of the molecule is Cc1cccc(Cn2c(=O)c3c(nc4n(CCCN5CCOCC5)c(C)c(C)n34)n(C)c2=O)c1. The molecule has 0 aliphatic carbocycles. The number of ether oxygens (including phenoxy) is 1. The normalized spacial score (nSPS) is 15.1. The monoisotopic (exact) mass is 464 g/mol. The minimum absolute atomic E-state index is 0.231. The van der Waals surface area contributed by atoms with Crippen LogP contribution in [0.4, 0.5) is 0 Å². The van der Waals surface area contributed by atoms with Crippen LogP contribution in [0.25, 0.3) is 16.9 Å². The Morgan fingerprint density at radius 1 is 1.00 bits per heavy atom. The molecule has 5 rings (SSSR count). The van der Waals surface area contributed by atoms with Gasteiger partial charge in [-0.15, -0.1) is 0 Å². The molecule has 0 saturated carbocycles. The van der Waals surface area contributed by atoms with Gasteiger partial charge in [-0.05, 0) is 32.8 Å². The van der Waals surface area contributed by atoms with E-state index >= 15 is 0 Å². The van der Waals surface area contributed by atoms with Crippen LogP contribution in [0.2, 0.25) is 0 Å². The lowest BCUT2D eigenvalue weighted by atomic mass is 10.1. The Bertz CT molecular complexity index is 1480. The summed E-state index contributed by atoms with van der Waals surface area (Å²) in [6.45, 7) is 11.6. The van der Waals surface area contributed by atoms with Crippen molar-refractivity contribution in [3.63, 3.8) is 0 Å². The number of benzene rings is 1. The molecule has 0 radical (unpaired) electrons. The summed E-state index contributed by atoms with van der Waals surface area (Å²) in [6, 6.07) is 7.89. The number of morpholine rings is 1. The van der Waals surface area contributed by atoms with Crippen molar-refractivity contribution in [1.29, 1.82) is 0 Å². The highest BCUT2D eigenvalue weighted by molar-refractivity contribution is 5.76. The summed E-state index contributed by atoms with van der Waals surface area (Å²) in [5.41, 5.74) is 4.30. The van der Waals surface area contributed by atoms with E-state index in [0.29, 0.717) is 16.9 Å². The van der Waals surface area contributed by atoms with Gasteiger partial charge < -0.3 is 9.30 Å². The summed E-state index contributed by atoms with van der Waals surface area (Å²) in [7, 11) is 1.69. The van der Waals surface area contributed by atoms with Gasteiger partial charge in [-0.25, -0.2) is 4.79 Å². The van der Waals surface area contributed by atoms with Gasteiger partial charge >= 0.3 is 5.69 Å². The zero-order chi connectivity index (χ0) is 24.0. The lowest BCUT2D eigenvalue weighted by Gasteiger charge is -2.26. The molecular formula is C25H32N6O3. The van der Waals surface area contributed by atoms with Gasteiger partial charge in [0.1, 0.15) is 0 Å². The molecule has 34 heavy (non-hydrogen) atoms. The average molecular weight is 465 g/mol. The average Bonchev–Trinajstić information content (AvgIpc) is 3.33. The van der Waals surface area contributed by atoms with Crippen molar-refractivity contribution in [1.82, 2.24) is 28.0 Å². The second-order valence-corrected chi connectivity index (χ2v) is 9.27. The van der Waals surface area contributed by atoms with E-state index in [4.69, 9.17) is 9.72 Å². The largest absolute Gasteiger partial charge is 0.379 e. The molecule has 0 unspecified atom stereocenters. The third kappa shape index (κ3) is 3.78. The lowest BCUT2D eigenvalue weighted by molar-refractivity contribution is 0.0369. The van der Waals surface area contributed by atoms with Crippen LogP contribution in [0.3, 0.4) is 0 Å². The molecular weight excluding hydrogens is 432 g/mol. The Balaban J connectivity index is 1.57. The Morgan fingerprint density at radius 2 is 1.76 bits per heavy atom. The number of aryl methyl sites for hydroxylation is 4. The maximum atomic E-state index is 13.6. The molecule has 1 aliphatic heterocycles. The summed E-state index contributed by atoms with van der Waals surface area (Å²) in [5, 5.41) is 0. The van der Waals surface area contributed by atoms with E-state index in [-0.39, 0.29) is 17.8 Å². The molecule has 0 N–H and O–H groups in total. The second kappa shape index (κ2) is 8.88. The van der Waals surface area contributed by atoms with Crippen molar-refractivity contribution >= 4 is 16.9 Å². The summed E-state index contributed by atoms with van der Waals surface area (Å²) >= 11 is 0. The van der Waals surface area contributed by atoms with Crippen molar-refractivity contribution in [3.8, 4) is 0 Å². The van der Waals surface area contributed by atoms with Crippen LogP contribution >= 0.6 is 0 Å². The molecule has 0 amide bonds. The number of imidazole rings is 2. The number of nitrogens with zero attached hydrogens (tertiary/aromatic N) is 6. The molecule has 3 aromatic heterocycles. The molecule has 4 aromatic rings. The number of fused-ring (bicyclic) bond motifs is 3. The fourth-order valence-electron chi connectivity index (χ4n) is 4.99. The van der Waals surface area contributed by atoms with Crippen molar-refractivity contribution < 1.29 is 4.74 Å². The van der Waals surface area contributed by atoms with Crippen molar-refractivity contribution in [2.75, 3.05) is 32.8 Å². The molecule has 9 heteroatoms. The van der Waals surface area contributed by atoms with Crippen LogP contribution < -0.4 is 11.2 Å². The highest BCUT2D eigenvalue weighted by Gasteiger charge is 2.23. The minimum Gasteiger partial charge on any atom is -0.379 e. The van der Waals surface area contributed by atoms with Crippen LogP contribution in [0.1, 0.15) is 28.9 Å². The van der Waals surface area contributed by atoms with Crippen LogP contribution in [-0.2, 0) is 24.9 Å². The standard InChI is InChI=1S/C25H32N6O3/c1-17-7-5-8-20(15-17)16-30-23(32)21-22(27(4)25(30)33)26-24-29(18(2)19(3)31(21)24)10-6-9-28-11-13-34-14-12-28/h5,7-8,15H,6,9-14,16H2,1-4H3. The predicted octanol–water partition coefficient (Wildman–Crippen LogP) is 1.85. The minimum atomic E-state index is -0.354. The van der Waals surface area contributed by atoms with Gasteiger partial charge in [0.05, 0.1) is 19.8 Å². The quantitative estimate of drug-likeness (QED) is 0.435. The molecule has 1 aliphatic rings. The number of hydrogen-bond acceptors (Lipinski definition) is 5. The molecule has 1 saturated heterocycles. The third-order valence-corrected chi connectivity index (χ3v) is 7.01. The number of aromatic nitrogens is 5. The summed E-state index contributed by atoms with van der Waals surface area (Å²) in [5.74, 6) is 0.715. The molecule has 0 atom stereocenters. The molecule has 4 heterocycles. The van der Waals surface area contributed by atoms with E-state index in [1.54, 1.807) is 7.05 Å². The van der Waals surface area contributed by atoms with Crippen molar-refractivity contribution in [3.05, 3.63) is 67.6 Å². The van der Waals surface area contributed by atoms with E-state index in [0.717, 1.165) is 68.3 Å². The maximum Gasteiger partial charge on any atom is 0.332 e. The summed E-state index contributed by atoms with van der Waals surface area (Å²) in [6.07, 6.45) is 0.977. The Hall–Kier alpha value is -3.17. The smallest absolute Gasteiger partial charge is 0.332 e. The summed E-state index contributed by atoms with van der Waals surface area (Å²) in [4.78, 5) is 34.0. The van der Waals surface area contributed by atoms with E-state index in [2.05, 4.69) is 16.4 Å². The Kier molecular flexibility index (Phi) is 5.91. The lowest BCUT2D eigenvalue weighted by Crippen LogP contribution is -2.39. The zero-order valence-electron chi connectivity index (χ0n) is 20.4. The van der Waals surface area contributed by atoms with Gasteiger partial charge in [0.2, 0.25) is 5.78 Å². The molecule has 9 nitrogen and oxygen atoms in total. The molecule has 0 spiro atoms. The predicted molar refractivity (Wildman–Crippen MR) is 132 cm³/mol. The highest BCUT2D eigenvalue weighted by atomic mass is 16.5. The van der Waals surface area contributed by atoms with Gasteiger partial charge in [0.15, 0.2) is 11.2 Å². The van der Waals surface area contributed by atoms with Gasteiger partial charge in [-0.2, -0.15) is 4.98 Å². The van der Waals surface area contributed by atoms with E-state index in [9.17, 15) is 9.59 Å². The van der Waals surface area contributed by atoms with E-state index in [1.807, 2.05) is 42.5 Å². The first kappa shape index (κ1) is 22.6. The van der Waals surface area contributed by atoms with Crippen LogP contribution in [0.5, 0.6) is 0 Å². The van der Waals surface area contributed by atoms with Crippen molar-refractivity contribution in [2.45, 2.75) is 40.3 Å². The van der Waals surface area contributed by atoms with Gasteiger partial charge in [-0.1, -0.05) is 29.8 Å². The first-order chi connectivity index (χ1) is 16.4. The second-order valence-electron chi connectivity index (χ2n) is 9.27. The molecule has 1 aromatic carbocycles. The first-order valence-electron chi connectivity index (χ1n) is 11.9. The fourth-order valence-corrected chi connectivity index (χ4v) is 4.99. The van der Waals surface area contributed by atoms with Crippen LogP contribution in [-0.4, -0.2) is 60.8 Å². The van der Waals surface area contributed by atoms with Crippen LogP contribution in [0, 0.1) is 20.8 Å². The molecule has 0 bridgehead atoms. The number of hydrogen-bond donors (Lipinski definition) is 0. The third-order valence-electron chi connectivity index (χ3n) is 7.01. The topological polar surface area (TPSA) is 78.7 Å². The number of rotatable bonds is 6. The Morgan fingerprint density at radius 3 is 2.50 bits per heavy atom. The Labute approximate surface area is 197 Å². The molecule has 180 valence electrons. The first-order valence-corrected chi connectivity index (χ1v) is 11.9. The zero-order valence-corrected chi connectivity index (χ0v) is 20.4. The van der Waals surface area contributed by atoms with Gasteiger partial charge in [0, 0.05) is 44.6 Å². The molecule has 1 fully saturated rings. The maximum absolute atomic E-state index is 13.6. The highest BCUT2D eigenvalue weighted by Crippen LogP contribution is 2.21. The van der Waals surface area contributed by atoms with Gasteiger partial charge in [0.25, 0.3) is 5.56 Å². The van der Waals surface area contributed by atoms with E-state index < -0.39 is 0 Å². The fraction of sp³-hybridized carbons (Fsp3) is 0.480.